The number of carbonyl (C=O) groups is 1. The lowest BCUT2D eigenvalue weighted by molar-refractivity contribution is -0.116. The number of amides is 1. The minimum absolute atomic E-state index is 0.0648. The van der Waals surface area contributed by atoms with Crippen LogP contribution in [0.4, 0.5) is 11.4 Å². The molecule has 1 heterocycles. The lowest BCUT2D eigenvalue weighted by Crippen LogP contribution is -2.44. The summed E-state index contributed by atoms with van der Waals surface area (Å²) in [4.78, 5) is 17.3. The van der Waals surface area contributed by atoms with Gasteiger partial charge in [-0.15, -0.1) is 0 Å². The molecule has 0 atom stereocenters. The lowest BCUT2D eigenvalue weighted by Gasteiger charge is -2.37. The van der Waals surface area contributed by atoms with Crippen molar-refractivity contribution in [1.82, 2.24) is 5.32 Å². The van der Waals surface area contributed by atoms with Crippen molar-refractivity contribution in [1.29, 1.82) is 0 Å². The summed E-state index contributed by atoms with van der Waals surface area (Å²) in [7, 11) is 0. The normalized spacial score (nSPS) is 17.0. The monoisotopic (exact) mass is 491 g/mol. The van der Waals surface area contributed by atoms with Crippen molar-refractivity contribution in [3.63, 3.8) is 0 Å². The van der Waals surface area contributed by atoms with Crippen molar-refractivity contribution in [2.45, 2.75) is 72.3 Å². The first-order chi connectivity index (χ1) is 17.0. The number of rotatable bonds is 9. The van der Waals surface area contributed by atoms with Crippen LogP contribution in [0.2, 0.25) is 5.02 Å². The van der Waals surface area contributed by atoms with Crippen LogP contribution in [-0.2, 0) is 4.79 Å². The molecule has 0 aromatic heterocycles. The third kappa shape index (κ3) is 5.28. The predicted octanol–water partition coefficient (Wildman–Crippen LogP) is 7.47. The highest BCUT2D eigenvalue weighted by Crippen LogP contribution is 2.36. The Hall–Kier alpha value is -2.72. The molecule has 0 radical (unpaired) electrons. The Balaban J connectivity index is 1.58. The van der Waals surface area contributed by atoms with Crippen LogP contribution in [-0.4, -0.2) is 25.0 Å². The van der Waals surface area contributed by atoms with E-state index in [0.29, 0.717) is 12.6 Å². The smallest absolute Gasteiger partial charge is 0.262 e. The van der Waals surface area contributed by atoms with Gasteiger partial charge in [0.15, 0.2) is 0 Å². The van der Waals surface area contributed by atoms with Crippen LogP contribution < -0.4 is 15.1 Å². The van der Waals surface area contributed by atoms with Crippen molar-refractivity contribution in [3.8, 4) is 0 Å². The molecule has 0 spiro atoms. The number of benzene rings is 2. The number of para-hydroxylation sites is 1. The van der Waals surface area contributed by atoms with Crippen LogP contribution in [0.1, 0.15) is 70.4 Å². The van der Waals surface area contributed by atoms with Crippen molar-refractivity contribution in [2.24, 2.45) is 0 Å². The fourth-order valence-corrected chi connectivity index (χ4v) is 5.75. The Labute approximate surface area is 215 Å². The number of allylic oxidation sites excluding steroid dienone is 2. The van der Waals surface area contributed by atoms with E-state index in [4.69, 9.17) is 11.6 Å². The molecule has 2 aliphatic rings. The van der Waals surface area contributed by atoms with E-state index < -0.39 is 0 Å². The van der Waals surface area contributed by atoms with Crippen LogP contribution in [0.5, 0.6) is 0 Å². The standard InChI is InChI=1S/C30H38ClN3O/c1-5-13-28(32-20-27-22(4)34(30(27)35)25-16-11-8-12-17-25)26-18-23(31)19-29(21(26)3)33(6-2)24-14-9-7-10-15-24/h8,11-13,16-19,24,32H,5-7,9-10,14-15,20H2,1-4H3. The molecule has 2 aromatic rings. The minimum atomic E-state index is 0.0648. The SMILES string of the molecule is CCC=C(NCC1=C(C)N(c2ccccc2)C1=O)c1cc(Cl)cc(N(CC)C2CCCCC2)c1C. The van der Waals surface area contributed by atoms with Gasteiger partial charge < -0.3 is 10.2 Å². The number of halogens is 1. The fraction of sp³-hybridized carbons (Fsp3) is 0.433. The van der Waals surface area contributed by atoms with E-state index in [0.717, 1.165) is 46.2 Å². The summed E-state index contributed by atoms with van der Waals surface area (Å²) in [5, 5.41) is 4.34. The summed E-state index contributed by atoms with van der Waals surface area (Å²) in [6.45, 7) is 10.1. The van der Waals surface area contributed by atoms with E-state index in [1.807, 2.05) is 37.3 Å². The molecule has 0 bridgehead atoms. The largest absolute Gasteiger partial charge is 0.380 e. The van der Waals surface area contributed by atoms with E-state index in [9.17, 15) is 4.79 Å². The Morgan fingerprint density at radius 2 is 1.83 bits per heavy atom. The van der Waals surface area contributed by atoms with Gasteiger partial charge in [-0.05, 0) is 69.9 Å². The van der Waals surface area contributed by atoms with E-state index >= 15 is 0 Å². The fourth-order valence-electron chi connectivity index (χ4n) is 5.54. The zero-order chi connectivity index (χ0) is 24.9. The van der Waals surface area contributed by atoms with Gasteiger partial charge in [0, 0.05) is 52.5 Å². The van der Waals surface area contributed by atoms with Gasteiger partial charge >= 0.3 is 0 Å². The highest BCUT2D eigenvalue weighted by atomic mass is 35.5. The zero-order valence-electron chi connectivity index (χ0n) is 21.5. The molecule has 0 unspecified atom stereocenters. The molecule has 186 valence electrons. The first kappa shape index (κ1) is 25.4. The maximum Gasteiger partial charge on any atom is 0.262 e. The predicted molar refractivity (Wildman–Crippen MR) is 149 cm³/mol. The Bertz CT molecular complexity index is 1120. The molecular formula is C30H38ClN3O. The van der Waals surface area contributed by atoms with Gasteiger partial charge in [0.1, 0.15) is 0 Å². The summed E-state index contributed by atoms with van der Waals surface area (Å²) in [6, 6.07) is 14.6. The first-order valence-corrected chi connectivity index (χ1v) is 13.4. The van der Waals surface area contributed by atoms with E-state index in [1.54, 1.807) is 4.90 Å². The maximum absolute atomic E-state index is 12.9. The van der Waals surface area contributed by atoms with Gasteiger partial charge in [0.2, 0.25) is 0 Å². The molecule has 0 saturated heterocycles. The van der Waals surface area contributed by atoms with E-state index in [-0.39, 0.29) is 5.91 Å². The van der Waals surface area contributed by atoms with Gasteiger partial charge in [-0.25, -0.2) is 0 Å². The van der Waals surface area contributed by atoms with Crippen LogP contribution >= 0.6 is 11.6 Å². The highest BCUT2D eigenvalue weighted by molar-refractivity contribution is 6.31. The summed E-state index contributed by atoms with van der Waals surface area (Å²) < 4.78 is 0. The summed E-state index contributed by atoms with van der Waals surface area (Å²) >= 11 is 6.69. The number of anilines is 2. The summed E-state index contributed by atoms with van der Waals surface area (Å²) in [5.41, 5.74) is 7.38. The summed E-state index contributed by atoms with van der Waals surface area (Å²) in [5.74, 6) is 0.0648. The Morgan fingerprint density at radius 1 is 1.11 bits per heavy atom. The summed E-state index contributed by atoms with van der Waals surface area (Å²) in [6.07, 6.45) is 9.55. The van der Waals surface area contributed by atoms with Gasteiger partial charge in [-0.1, -0.05) is 62.1 Å². The molecule has 1 N–H and O–H groups in total. The van der Waals surface area contributed by atoms with Crippen LogP contribution in [0.3, 0.4) is 0 Å². The van der Waals surface area contributed by atoms with Crippen molar-refractivity contribution < 1.29 is 4.79 Å². The Kier molecular flexibility index (Phi) is 8.22. The highest BCUT2D eigenvalue weighted by Gasteiger charge is 2.34. The molecule has 35 heavy (non-hydrogen) atoms. The topological polar surface area (TPSA) is 35.6 Å². The molecule has 1 fully saturated rings. The molecule has 2 aromatic carbocycles. The molecule has 4 nitrogen and oxygen atoms in total. The quantitative estimate of drug-likeness (QED) is 0.395. The van der Waals surface area contributed by atoms with E-state index in [2.05, 4.69) is 49.2 Å². The molecule has 1 saturated carbocycles. The van der Waals surface area contributed by atoms with Crippen LogP contribution in [0.15, 0.2) is 59.8 Å². The van der Waals surface area contributed by atoms with Crippen LogP contribution in [0, 0.1) is 6.92 Å². The first-order valence-electron chi connectivity index (χ1n) is 13.1. The minimum Gasteiger partial charge on any atom is -0.380 e. The molecular weight excluding hydrogens is 454 g/mol. The molecule has 1 aliphatic carbocycles. The average Bonchev–Trinajstić information content (AvgIpc) is 2.87. The molecule has 4 rings (SSSR count). The second-order valence-corrected chi connectivity index (χ2v) is 10.0. The van der Waals surface area contributed by atoms with Gasteiger partial charge in [0.05, 0.1) is 5.57 Å². The second-order valence-electron chi connectivity index (χ2n) is 9.60. The van der Waals surface area contributed by atoms with Crippen molar-refractivity contribution in [3.05, 3.63) is 76.0 Å². The Morgan fingerprint density at radius 3 is 2.46 bits per heavy atom. The lowest BCUT2D eigenvalue weighted by atomic mass is 9.92. The van der Waals surface area contributed by atoms with Gasteiger partial charge in [-0.3, -0.25) is 9.69 Å². The molecule has 1 aliphatic heterocycles. The van der Waals surface area contributed by atoms with E-state index in [1.165, 1.54) is 43.4 Å². The average molecular weight is 492 g/mol. The maximum atomic E-state index is 12.9. The third-order valence-electron chi connectivity index (χ3n) is 7.41. The van der Waals surface area contributed by atoms with Crippen molar-refractivity contribution in [2.75, 3.05) is 22.9 Å². The zero-order valence-corrected chi connectivity index (χ0v) is 22.3. The van der Waals surface area contributed by atoms with Crippen LogP contribution in [0.25, 0.3) is 5.70 Å². The number of hydrogen-bond acceptors (Lipinski definition) is 3. The number of nitrogens with one attached hydrogen (secondary N) is 1. The number of nitrogens with zero attached hydrogens (tertiary/aromatic N) is 2. The molecule has 5 heteroatoms. The second kappa shape index (κ2) is 11.3. The van der Waals surface area contributed by atoms with Gasteiger partial charge in [-0.2, -0.15) is 0 Å². The third-order valence-corrected chi connectivity index (χ3v) is 7.63. The van der Waals surface area contributed by atoms with Gasteiger partial charge in [0.25, 0.3) is 5.91 Å². The number of carbonyl (C=O) groups excluding carboxylic acids is 1. The molecule has 1 amide bonds. The van der Waals surface area contributed by atoms with Crippen molar-refractivity contribution >= 4 is 34.6 Å². The number of hydrogen-bond donors (Lipinski definition) is 1.